The second-order valence-electron chi connectivity index (χ2n) is 6.46. The Hall–Kier alpha value is -2.31. The average molecular weight is 355 g/mol. The quantitative estimate of drug-likeness (QED) is 0.725. The van der Waals surface area contributed by atoms with Crippen LogP contribution in [0, 0.1) is 0 Å². The molecule has 0 unspecified atom stereocenters. The number of nitrogens with zero attached hydrogens (tertiary/aromatic N) is 3. The fourth-order valence-electron chi connectivity index (χ4n) is 3.27. The summed E-state index contributed by atoms with van der Waals surface area (Å²) < 4.78 is 27.3. The largest absolute Gasteiger partial charge is 0.369 e. The van der Waals surface area contributed by atoms with Crippen LogP contribution in [-0.2, 0) is 10.0 Å². The molecule has 0 spiro atoms. The molecule has 5 nitrogen and oxygen atoms in total. The lowest BCUT2D eigenvalue weighted by Gasteiger charge is -2.34. The molecule has 0 bridgehead atoms. The van der Waals surface area contributed by atoms with Gasteiger partial charge in [-0.1, -0.05) is 18.2 Å². The number of likely N-dealkylation sites (N-methyl/N-ethyl adjacent to an activating group) is 1. The van der Waals surface area contributed by atoms with Crippen LogP contribution >= 0.6 is 0 Å². The Kier molecular flexibility index (Phi) is 4.01. The molecule has 0 aliphatic carbocycles. The molecule has 2 heterocycles. The normalized spacial score (nSPS) is 16.4. The molecule has 0 atom stereocenters. The first kappa shape index (κ1) is 16.2. The van der Waals surface area contributed by atoms with E-state index in [2.05, 4.69) is 16.8 Å². The SMILES string of the molecule is CN1CCN(c2ccc(S(=O)(=O)n3ccc4ccccc43)cc2)CC1. The van der Waals surface area contributed by atoms with Gasteiger partial charge in [-0.25, -0.2) is 12.4 Å². The monoisotopic (exact) mass is 355 g/mol. The van der Waals surface area contributed by atoms with Crippen molar-refractivity contribution in [3.8, 4) is 0 Å². The predicted octanol–water partition coefficient (Wildman–Crippen LogP) is 2.63. The van der Waals surface area contributed by atoms with Gasteiger partial charge in [0.05, 0.1) is 10.4 Å². The van der Waals surface area contributed by atoms with Crippen LogP contribution in [0.15, 0.2) is 65.7 Å². The molecule has 0 radical (unpaired) electrons. The van der Waals surface area contributed by atoms with Crippen LogP contribution in [0.2, 0.25) is 0 Å². The Bertz CT molecular complexity index is 985. The van der Waals surface area contributed by atoms with Gasteiger partial charge in [0.2, 0.25) is 0 Å². The van der Waals surface area contributed by atoms with E-state index in [1.165, 1.54) is 3.97 Å². The second kappa shape index (κ2) is 6.20. The Morgan fingerprint density at radius 2 is 1.52 bits per heavy atom. The average Bonchev–Trinajstić information content (AvgIpc) is 3.07. The van der Waals surface area contributed by atoms with E-state index in [1.54, 1.807) is 18.3 Å². The summed E-state index contributed by atoms with van der Waals surface area (Å²) in [6.45, 7) is 3.97. The minimum atomic E-state index is -3.59. The summed E-state index contributed by atoms with van der Waals surface area (Å²) in [5.74, 6) is 0. The topological polar surface area (TPSA) is 45.6 Å². The molecule has 1 aliphatic rings. The molecule has 25 heavy (non-hydrogen) atoms. The third-order valence-corrected chi connectivity index (χ3v) is 6.53. The number of hydrogen-bond donors (Lipinski definition) is 0. The summed E-state index contributed by atoms with van der Waals surface area (Å²) in [5, 5.41) is 0.917. The first-order chi connectivity index (χ1) is 12.1. The third-order valence-electron chi connectivity index (χ3n) is 4.83. The van der Waals surface area contributed by atoms with Crippen molar-refractivity contribution in [2.75, 3.05) is 38.1 Å². The number of rotatable bonds is 3. The number of aromatic nitrogens is 1. The summed E-state index contributed by atoms with van der Waals surface area (Å²) in [5.41, 5.74) is 1.77. The molecule has 1 aromatic heterocycles. The molecular weight excluding hydrogens is 334 g/mol. The van der Waals surface area contributed by atoms with Gasteiger partial charge < -0.3 is 9.80 Å². The molecule has 1 aliphatic heterocycles. The zero-order chi connectivity index (χ0) is 17.4. The number of hydrogen-bond acceptors (Lipinski definition) is 4. The van der Waals surface area contributed by atoms with Gasteiger partial charge >= 0.3 is 0 Å². The zero-order valence-corrected chi connectivity index (χ0v) is 15.0. The molecule has 1 saturated heterocycles. The van der Waals surface area contributed by atoms with Gasteiger partial charge in [-0.3, -0.25) is 0 Å². The van der Waals surface area contributed by atoms with E-state index in [1.807, 2.05) is 42.5 Å². The number of benzene rings is 2. The van der Waals surface area contributed by atoms with Crippen LogP contribution in [0.5, 0.6) is 0 Å². The van der Waals surface area contributed by atoms with E-state index in [9.17, 15) is 8.42 Å². The maximum Gasteiger partial charge on any atom is 0.268 e. The van der Waals surface area contributed by atoms with E-state index in [-0.39, 0.29) is 0 Å². The molecule has 0 N–H and O–H groups in total. The van der Waals surface area contributed by atoms with Crippen LogP contribution < -0.4 is 4.90 Å². The minimum absolute atomic E-state index is 0.312. The van der Waals surface area contributed by atoms with Gasteiger partial charge in [0, 0.05) is 43.4 Å². The Labute approximate surface area is 148 Å². The highest BCUT2D eigenvalue weighted by Crippen LogP contribution is 2.24. The predicted molar refractivity (Wildman–Crippen MR) is 101 cm³/mol. The van der Waals surface area contributed by atoms with Gasteiger partial charge in [-0.2, -0.15) is 0 Å². The summed E-state index contributed by atoms with van der Waals surface area (Å²) in [7, 11) is -1.47. The van der Waals surface area contributed by atoms with Crippen molar-refractivity contribution < 1.29 is 8.42 Å². The van der Waals surface area contributed by atoms with Crippen LogP contribution in [-0.4, -0.2) is 50.5 Å². The zero-order valence-electron chi connectivity index (χ0n) is 14.2. The van der Waals surface area contributed by atoms with Gasteiger partial charge in [0.25, 0.3) is 10.0 Å². The molecule has 130 valence electrons. The first-order valence-electron chi connectivity index (χ1n) is 8.41. The van der Waals surface area contributed by atoms with Crippen LogP contribution in [0.1, 0.15) is 0 Å². The fraction of sp³-hybridized carbons (Fsp3) is 0.263. The molecule has 3 aromatic rings. The Morgan fingerprint density at radius 3 is 2.24 bits per heavy atom. The highest BCUT2D eigenvalue weighted by Gasteiger charge is 2.20. The molecule has 6 heteroatoms. The molecule has 2 aromatic carbocycles. The van der Waals surface area contributed by atoms with Crippen LogP contribution in [0.25, 0.3) is 10.9 Å². The van der Waals surface area contributed by atoms with Crippen molar-refractivity contribution in [1.82, 2.24) is 8.87 Å². The van der Waals surface area contributed by atoms with Crippen molar-refractivity contribution in [1.29, 1.82) is 0 Å². The lowest BCUT2D eigenvalue weighted by Crippen LogP contribution is -2.44. The highest BCUT2D eigenvalue weighted by molar-refractivity contribution is 7.90. The lowest BCUT2D eigenvalue weighted by molar-refractivity contribution is 0.313. The molecule has 4 rings (SSSR count). The fourth-order valence-corrected chi connectivity index (χ4v) is 4.63. The summed E-state index contributed by atoms with van der Waals surface area (Å²) in [6.07, 6.45) is 1.62. The second-order valence-corrected chi connectivity index (χ2v) is 8.27. The van der Waals surface area contributed by atoms with Crippen molar-refractivity contribution in [3.63, 3.8) is 0 Å². The van der Waals surface area contributed by atoms with Crippen LogP contribution in [0.3, 0.4) is 0 Å². The Morgan fingerprint density at radius 1 is 0.840 bits per heavy atom. The number of piperazine rings is 1. The number of anilines is 1. The standard InChI is InChI=1S/C19H21N3O2S/c1-20-12-14-21(15-13-20)17-6-8-18(9-7-17)25(23,24)22-11-10-16-4-2-3-5-19(16)22/h2-11H,12-15H2,1H3. The van der Waals surface area contributed by atoms with Crippen LogP contribution in [0.4, 0.5) is 5.69 Å². The maximum atomic E-state index is 13.0. The van der Waals surface area contributed by atoms with E-state index in [0.29, 0.717) is 10.4 Å². The summed E-state index contributed by atoms with van der Waals surface area (Å²) in [6, 6.07) is 16.5. The van der Waals surface area contributed by atoms with Crippen molar-refractivity contribution in [3.05, 3.63) is 60.8 Å². The van der Waals surface area contributed by atoms with Gasteiger partial charge in [-0.05, 0) is 43.4 Å². The van der Waals surface area contributed by atoms with E-state index < -0.39 is 10.0 Å². The Balaban J connectivity index is 1.65. The van der Waals surface area contributed by atoms with Gasteiger partial charge in [0.1, 0.15) is 0 Å². The number of fused-ring (bicyclic) bond motifs is 1. The maximum absolute atomic E-state index is 13.0. The number of para-hydroxylation sites is 1. The van der Waals surface area contributed by atoms with Crippen molar-refractivity contribution >= 4 is 26.6 Å². The molecule has 1 fully saturated rings. The van der Waals surface area contributed by atoms with E-state index in [4.69, 9.17) is 0 Å². The first-order valence-corrected chi connectivity index (χ1v) is 9.85. The lowest BCUT2D eigenvalue weighted by atomic mass is 10.2. The highest BCUT2D eigenvalue weighted by atomic mass is 32.2. The van der Waals surface area contributed by atoms with Crippen molar-refractivity contribution in [2.24, 2.45) is 0 Å². The smallest absolute Gasteiger partial charge is 0.268 e. The summed E-state index contributed by atoms with van der Waals surface area (Å²) in [4.78, 5) is 4.90. The summed E-state index contributed by atoms with van der Waals surface area (Å²) >= 11 is 0. The molecule has 0 saturated carbocycles. The third kappa shape index (κ3) is 2.92. The van der Waals surface area contributed by atoms with Gasteiger partial charge in [0.15, 0.2) is 0 Å². The van der Waals surface area contributed by atoms with Crippen molar-refractivity contribution in [2.45, 2.75) is 4.90 Å². The van der Waals surface area contributed by atoms with E-state index >= 15 is 0 Å². The molecular formula is C19H21N3O2S. The minimum Gasteiger partial charge on any atom is -0.369 e. The van der Waals surface area contributed by atoms with E-state index in [0.717, 1.165) is 37.3 Å². The van der Waals surface area contributed by atoms with Gasteiger partial charge in [-0.15, -0.1) is 0 Å². The molecule has 0 amide bonds.